The Morgan fingerprint density at radius 1 is 1.12 bits per heavy atom. The topological polar surface area (TPSA) is 81.9 Å². The Morgan fingerprint density at radius 3 is 2.62 bits per heavy atom. The highest BCUT2D eigenvalue weighted by atomic mass is 32.2. The van der Waals surface area contributed by atoms with Gasteiger partial charge in [0.15, 0.2) is 0 Å². The summed E-state index contributed by atoms with van der Waals surface area (Å²) >= 11 is 0. The van der Waals surface area contributed by atoms with Crippen LogP contribution in [0.15, 0.2) is 41.3 Å². The third-order valence-corrected chi connectivity index (χ3v) is 5.05. The zero-order valence-corrected chi connectivity index (χ0v) is 14.3. The van der Waals surface area contributed by atoms with Crippen molar-refractivity contribution in [1.29, 1.82) is 0 Å². The summed E-state index contributed by atoms with van der Waals surface area (Å²) in [5.74, 6) is 0.345. The second-order valence-electron chi connectivity index (χ2n) is 5.81. The van der Waals surface area contributed by atoms with Crippen molar-refractivity contribution >= 4 is 20.8 Å². The molecule has 1 aliphatic heterocycles. The number of nitrogens with two attached hydrogens (primary N) is 1. The highest BCUT2D eigenvalue weighted by molar-refractivity contribution is 7.89. The fourth-order valence-corrected chi connectivity index (χ4v) is 3.57. The molecule has 3 rings (SSSR count). The van der Waals surface area contributed by atoms with Crippen molar-refractivity contribution < 1.29 is 17.9 Å². The predicted octanol–water partition coefficient (Wildman–Crippen LogP) is 1.59. The van der Waals surface area contributed by atoms with E-state index in [1.165, 1.54) is 6.07 Å². The summed E-state index contributed by atoms with van der Waals surface area (Å²) in [6, 6.07) is 10.8. The highest BCUT2D eigenvalue weighted by Gasteiger charge is 2.18. The zero-order chi connectivity index (χ0) is 17.0. The third-order valence-electron chi connectivity index (χ3n) is 4.12. The molecule has 1 saturated heterocycles. The molecule has 0 atom stereocenters. The Bertz CT molecular complexity index is 801. The van der Waals surface area contributed by atoms with Crippen molar-refractivity contribution in [3.8, 4) is 5.75 Å². The van der Waals surface area contributed by atoms with E-state index in [-0.39, 0.29) is 4.90 Å². The summed E-state index contributed by atoms with van der Waals surface area (Å²) in [5.41, 5.74) is 0. The van der Waals surface area contributed by atoms with E-state index in [9.17, 15) is 8.42 Å². The van der Waals surface area contributed by atoms with Crippen LogP contribution in [0.5, 0.6) is 5.75 Å². The van der Waals surface area contributed by atoms with Crippen LogP contribution >= 0.6 is 0 Å². The molecule has 130 valence electrons. The molecule has 0 amide bonds. The molecule has 2 aromatic carbocycles. The number of morpholine rings is 1. The number of rotatable bonds is 6. The van der Waals surface area contributed by atoms with E-state index in [1.54, 1.807) is 6.07 Å². The summed E-state index contributed by atoms with van der Waals surface area (Å²) in [5, 5.41) is 7.02. The smallest absolute Gasteiger partial charge is 0.241 e. The maximum absolute atomic E-state index is 11.9. The molecule has 0 unspecified atom stereocenters. The molecule has 0 saturated carbocycles. The van der Waals surface area contributed by atoms with Crippen LogP contribution in [0.25, 0.3) is 10.8 Å². The lowest BCUT2D eigenvalue weighted by Gasteiger charge is -2.26. The SMILES string of the molecule is NS(=O)(=O)c1ccc2ccccc2c1OCCCN1CCOCC1. The van der Waals surface area contributed by atoms with Crippen molar-refractivity contribution in [3.63, 3.8) is 0 Å². The van der Waals surface area contributed by atoms with Crippen LogP contribution in [0, 0.1) is 0 Å². The summed E-state index contributed by atoms with van der Waals surface area (Å²) in [4.78, 5) is 2.35. The molecule has 0 aliphatic carbocycles. The minimum absolute atomic E-state index is 0.0348. The lowest BCUT2D eigenvalue weighted by atomic mass is 10.1. The van der Waals surface area contributed by atoms with Crippen LogP contribution in [0.1, 0.15) is 6.42 Å². The van der Waals surface area contributed by atoms with Gasteiger partial charge in [-0.1, -0.05) is 30.3 Å². The zero-order valence-electron chi connectivity index (χ0n) is 13.5. The summed E-state index contributed by atoms with van der Waals surface area (Å²) in [7, 11) is -3.83. The molecule has 1 fully saturated rings. The van der Waals surface area contributed by atoms with E-state index in [4.69, 9.17) is 14.6 Å². The van der Waals surface area contributed by atoms with E-state index < -0.39 is 10.0 Å². The fourth-order valence-electron chi connectivity index (χ4n) is 2.88. The van der Waals surface area contributed by atoms with Gasteiger partial charge < -0.3 is 9.47 Å². The standard InChI is InChI=1S/C17H22N2O4S/c18-24(20,21)16-7-6-14-4-1-2-5-15(14)17(16)23-11-3-8-19-9-12-22-13-10-19/h1-2,4-7H,3,8-13H2,(H2,18,20,21). The van der Waals surface area contributed by atoms with Gasteiger partial charge in [-0.2, -0.15) is 0 Å². The Hall–Kier alpha value is -1.67. The van der Waals surface area contributed by atoms with Gasteiger partial charge in [0.1, 0.15) is 10.6 Å². The van der Waals surface area contributed by atoms with Crippen LogP contribution in [0.4, 0.5) is 0 Å². The molecular formula is C17H22N2O4S. The normalized spacial score (nSPS) is 16.4. The first-order valence-corrected chi connectivity index (χ1v) is 9.58. The highest BCUT2D eigenvalue weighted by Crippen LogP contribution is 2.32. The minimum Gasteiger partial charge on any atom is -0.491 e. The van der Waals surface area contributed by atoms with Crippen LogP contribution in [0.2, 0.25) is 0 Å². The maximum atomic E-state index is 11.9. The van der Waals surface area contributed by atoms with Gasteiger partial charge in [-0.15, -0.1) is 0 Å². The van der Waals surface area contributed by atoms with Gasteiger partial charge in [0.2, 0.25) is 10.0 Å². The van der Waals surface area contributed by atoms with Gasteiger partial charge in [-0.05, 0) is 17.9 Å². The van der Waals surface area contributed by atoms with Crippen LogP contribution in [-0.4, -0.2) is 52.8 Å². The summed E-state index contributed by atoms with van der Waals surface area (Å²) in [6.45, 7) is 4.72. The maximum Gasteiger partial charge on any atom is 0.241 e. The predicted molar refractivity (Wildman–Crippen MR) is 92.7 cm³/mol. The molecule has 1 heterocycles. The van der Waals surface area contributed by atoms with Gasteiger partial charge in [-0.3, -0.25) is 4.90 Å². The van der Waals surface area contributed by atoms with E-state index in [0.717, 1.165) is 50.0 Å². The van der Waals surface area contributed by atoms with Crippen LogP contribution in [0.3, 0.4) is 0 Å². The molecule has 0 bridgehead atoms. The molecule has 2 aromatic rings. The van der Waals surface area contributed by atoms with Crippen LogP contribution in [-0.2, 0) is 14.8 Å². The number of sulfonamides is 1. The van der Waals surface area contributed by atoms with Crippen LogP contribution < -0.4 is 9.88 Å². The van der Waals surface area contributed by atoms with Gasteiger partial charge in [0.25, 0.3) is 0 Å². The van der Waals surface area contributed by atoms with Crippen molar-refractivity contribution in [2.75, 3.05) is 39.5 Å². The van der Waals surface area contributed by atoms with Crippen molar-refractivity contribution in [2.24, 2.45) is 5.14 Å². The molecule has 0 radical (unpaired) electrons. The van der Waals surface area contributed by atoms with Crippen molar-refractivity contribution in [3.05, 3.63) is 36.4 Å². The summed E-state index contributed by atoms with van der Waals surface area (Å²) in [6.07, 6.45) is 0.813. The number of fused-ring (bicyclic) bond motifs is 1. The van der Waals surface area contributed by atoms with Gasteiger partial charge in [0, 0.05) is 25.0 Å². The average molecular weight is 350 g/mol. The lowest BCUT2D eigenvalue weighted by Crippen LogP contribution is -2.37. The van der Waals surface area contributed by atoms with Gasteiger partial charge in [0.05, 0.1) is 19.8 Å². The second kappa shape index (κ2) is 7.48. The number of benzene rings is 2. The molecule has 24 heavy (non-hydrogen) atoms. The molecule has 0 aromatic heterocycles. The third kappa shape index (κ3) is 4.05. The van der Waals surface area contributed by atoms with Gasteiger partial charge in [-0.25, -0.2) is 13.6 Å². The number of nitrogens with zero attached hydrogens (tertiary/aromatic N) is 1. The van der Waals surface area contributed by atoms with Crippen molar-refractivity contribution in [1.82, 2.24) is 4.90 Å². The minimum atomic E-state index is -3.83. The van der Waals surface area contributed by atoms with Gasteiger partial charge >= 0.3 is 0 Å². The molecular weight excluding hydrogens is 328 g/mol. The number of primary sulfonamides is 1. The Labute approximate surface area is 142 Å². The number of ether oxygens (including phenoxy) is 2. The van der Waals surface area contributed by atoms with Crippen molar-refractivity contribution in [2.45, 2.75) is 11.3 Å². The molecule has 7 heteroatoms. The molecule has 6 nitrogen and oxygen atoms in total. The molecule has 1 aliphatic rings. The first-order chi connectivity index (χ1) is 11.6. The quantitative estimate of drug-likeness (QED) is 0.800. The first kappa shape index (κ1) is 17.2. The number of hydrogen-bond donors (Lipinski definition) is 1. The van der Waals surface area contributed by atoms with E-state index in [1.807, 2.05) is 24.3 Å². The largest absolute Gasteiger partial charge is 0.491 e. The Balaban J connectivity index is 1.74. The average Bonchev–Trinajstić information content (AvgIpc) is 2.58. The molecule has 2 N–H and O–H groups in total. The fraction of sp³-hybridized carbons (Fsp3) is 0.412. The number of hydrogen-bond acceptors (Lipinski definition) is 5. The Kier molecular flexibility index (Phi) is 5.35. The monoisotopic (exact) mass is 350 g/mol. The lowest BCUT2D eigenvalue weighted by molar-refractivity contribution is 0.0357. The molecule has 0 spiro atoms. The summed E-state index contributed by atoms with van der Waals surface area (Å²) < 4.78 is 34.9. The Morgan fingerprint density at radius 2 is 1.88 bits per heavy atom. The second-order valence-corrected chi connectivity index (χ2v) is 7.34. The first-order valence-electron chi connectivity index (χ1n) is 8.03. The van der Waals surface area contributed by atoms with E-state index in [2.05, 4.69) is 4.90 Å². The van der Waals surface area contributed by atoms with E-state index >= 15 is 0 Å². The van der Waals surface area contributed by atoms with E-state index in [0.29, 0.717) is 12.4 Å².